The molecule has 0 radical (unpaired) electrons. The second-order valence-electron chi connectivity index (χ2n) is 3.99. The molecule has 0 amide bonds. The Morgan fingerprint density at radius 2 is 2.00 bits per heavy atom. The van der Waals surface area contributed by atoms with Gasteiger partial charge in [0.05, 0.1) is 10.7 Å². The minimum absolute atomic E-state index is 0.493. The van der Waals surface area contributed by atoms with E-state index in [-0.39, 0.29) is 0 Å². The number of hydrogen-bond donors (Lipinski definition) is 1. The molecule has 0 atom stereocenters. The quantitative estimate of drug-likeness (QED) is 0.835. The molecule has 1 heterocycles. The molecule has 17 heavy (non-hydrogen) atoms. The highest BCUT2D eigenvalue weighted by Gasteiger charge is 2.09. The molecule has 4 nitrogen and oxygen atoms in total. The van der Waals surface area contributed by atoms with Crippen molar-refractivity contribution in [1.82, 2.24) is 9.78 Å². The first kappa shape index (κ1) is 11.8. The lowest BCUT2D eigenvalue weighted by Gasteiger charge is -2.09. The normalized spacial score (nSPS) is 10.6. The van der Waals surface area contributed by atoms with E-state index in [1.807, 2.05) is 33.0 Å². The zero-order valence-electron chi connectivity index (χ0n) is 9.99. The average molecular weight is 252 g/mol. The van der Waals surface area contributed by atoms with E-state index in [1.54, 1.807) is 10.7 Å². The van der Waals surface area contributed by atoms with Crippen molar-refractivity contribution in [2.24, 2.45) is 7.05 Å². The van der Waals surface area contributed by atoms with Gasteiger partial charge in [0, 0.05) is 18.8 Å². The van der Waals surface area contributed by atoms with E-state index >= 15 is 0 Å². The number of nitrogen functional groups attached to an aromatic ring is 1. The number of nitrogens with two attached hydrogens (primary N) is 1. The van der Waals surface area contributed by atoms with E-state index in [0.29, 0.717) is 22.3 Å². The molecule has 0 unspecified atom stereocenters. The Morgan fingerprint density at radius 1 is 1.29 bits per heavy atom. The molecule has 0 spiro atoms. The van der Waals surface area contributed by atoms with Gasteiger partial charge in [-0.3, -0.25) is 0 Å². The van der Waals surface area contributed by atoms with Crippen LogP contribution in [-0.2, 0) is 7.05 Å². The van der Waals surface area contributed by atoms with Crippen LogP contribution in [0.5, 0.6) is 11.6 Å². The number of aromatic nitrogens is 2. The van der Waals surface area contributed by atoms with Crippen LogP contribution in [0.4, 0.5) is 5.69 Å². The molecule has 5 heteroatoms. The van der Waals surface area contributed by atoms with Gasteiger partial charge in [-0.1, -0.05) is 11.6 Å². The molecule has 0 aliphatic heterocycles. The third-order valence-electron chi connectivity index (χ3n) is 2.49. The highest BCUT2D eigenvalue weighted by molar-refractivity contribution is 6.32. The lowest BCUT2D eigenvalue weighted by Crippen LogP contribution is -1.97. The maximum atomic E-state index is 6.08. The molecular weight excluding hydrogens is 238 g/mol. The molecule has 1 aromatic carbocycles. The fourth-order valence-electron chi connectivity index (χ4n) is 1.54. The summed E-state index contributed by atoms with van der Waals surface area (Å²) in [7, 11) is 1.82. The predicted octanol–water partition coefficient (Wildman–Crippen LogP) is 3.06. The summed E-state index contributed by atoms with van der Waals surface area (Å²) >= 11 is 6.08. The van der Waals surface area contributed by atoms with Crippen LogP contribution in [-0.4, -0.2) is 9.78 Å². The average Bonchev–Trinajstić information content (AvgIpc) is 2.54. The second-order valence-corrected chi connectivity index (χ2v) is 4.40. The maximum Gasteiger partial charge on any atom is 0.217 e. The number of ether oxygens (including phenoxy) is 1. The topological polar surface area (TPSA) is 53.1 Å². The molecule has 0 aliphatic carbocycles. The van der Waals surface area contributed by atoms with Gasteiger partial charge in [0.15, 0.2) is 0 Å². The summed E-state index contributed by atoms with van der Waals surface area (Å²) in [5.74, 6) is 1.23. The van der Waals surface area contributed by atoms with Crippen molar-refractivity contribution in [3.8, 4) is 11.6 Å². The molecule has 90 valence electrons. The van der Waals surface area contributed by atoms with Gasteiger partial charge in [-0.2, -0.15) is 5.10 Å². The van der Waals surface area contributed by atoms with E-state index in [9.17, 15) is 0 Å². The third kappa shape index (κ3) is 2.36. The second kappa shape index (κ2) is 4.30. The van der Waals surface area contributed by atoms with Gasteiger partial charge in [-0.15, -0.1) is 0 Å². The van der Waals surface area contributed by atoms with E-state index in [2.05, 4.69) is 5.10 Å². The molecule has 1 aromatic heterocycles. The van der Waals surface area contributed by atoms with Crippen molar-refractivity contribution in [3.05, 3.63) is 34.5 Å². The molecule has 2 N–H and O–H groups in total. The summed E-state index contributed by atoms with van der Waals surface area (Å²) in [5.41, 5.74) is 8.24. The minimum atomic E-state index is 0.493. The smallest absolute Gasteiger partial charge is 0.217 e. The zero-order chi connectivity index (χ0) is 12.6. The Balaban J connectivity index is 2.36. The summed E-state index contributed by atoms with van der Waals surface area (Å²) in [5, 5.41) is 4.69. The van der Waals surface area contributed by atoms with Crippen molar-refractivity contribution >= 4 is 17.3 Å². The summed E-state index contributed by atoms with van der Waals surface area (Å²) in [4.78, 5) is 0. The van der Waals surface area contributed by atoms with Gasteiger partial charge in [0.2, 0.25) is 5.88 Å². The first-order chi connectivity index (χ1) is 7.97. The predicted molar refractivity (Wildman–Crippen MR) is 68.6 cm³/mol. The number of benzene rings is 1. The number of halogens is 1. The Kier molecular flexibility index (Phi) is 2.98. The van der Waals surface area contributed by atoms with Crippen LogP contribution in [0.25, 0.3) is 0 Å². The summed E-state index contributed by atoms with van der Waals surface area (Å²) in [6, 6.07) is 5.36. The maximum absolute atomic E-state index is 6.08. The van der Waals surface area contributed by atoms with Crippen molar-refractivity contribution in [2.45, 2.75) is 13.8 Å². The fourth-order valence-corrected chi connectivity index (χ4v) is 1.75. The molecule has 0 aliphatic rings. The van der Waals surface area contributed by atoms with E-state index in [1.165, 1.54) is 0 Å². The Bertz CT molecular complexity index is 563. The van der Waals surface area contributed by atoms with E-state index in [4.69, 9.17) is 22.1 Å². The third-order valence-corrected chi connectivity index (χ3v) is 2.79. The highest BCUT2D eigenvalue weighted by Crippen LogP contribution is 2.32. The van der Waals surface area contributed by atoms with Gasteiger partial charge >= 0.3 is 0 Å². The first-order valence-electron chi connectivity index (χ1n) is 5.21. The van der Waals surface area contributed by atoms with E-state index < -0.39 is 0 Å². The zero-order valence-corrected chi connectivity index (χ0v) is 10.7. The van der Waals surface area contributed by atoms with Crippen LogP contribution < -0.4 is 10.5 Å². The summed E-state index contributed by atoms with van der Waals surface area (Å²) in [6.07, 6.45) is 0. The molecule has 2 aromatic rings. The van der Waals surface area contributed by atoms with Gasteiger partial charge in [0.25, 0.3) is 0 Å². The Hall–Kier alpha value is -1.68. The highest BCUT2D eigenvalue weighted by atomic mass is 35.5. The number of nitrogens with zero attached hydrogens (tertiary/aromatic N) is 2. The number of aryl methyl sites for hydroxylation is 3. The number of hydrogen-bond acceptors (Lipinski definition) is 3. The number of anilines is 1. The molecular formula is C12H14ClN3O. The first-order valence-corrected chi connectivity index (χ1v) is 5.59. The van der Waals surface area contributed by atoms with Crippen LogP contribution in [0.15, 0.2) is 18.2 Å². The lowest BCUT2D eigenvalue weighted by molar-refractivity contribution is 0.430. The van der Waals surface area contributed by atoms with Crippen molar-refractivity contribution in [2.75, 3.05) is 5.73 Å². The van der Waals surface area contributed by atoms with Crippen molar-refractivity contribution in [1.29, 1.82) is 0 Å². The van der Waals surface area contributed by atoms with Gasteiger partial charge in [0.1, 0.15) is 5.75 Å². The standard InChI is InChI=1S/C12H14ClN3O/c1-7-4-11(9(13)6-10(7)14)17-12-5-8(2)15-16(12)3/h4-6H,14H2,1-3H3. The molecule has 0 fully saturated rings. The van der Waals surface area contributed by atoms with E-state index in [0.717, 1.165) is 11.3 Å². The minimum Gasteiger partial charge on any atom is -0.438 e. The number of rotatable bonds is 2. The Morgan fingerprint density at radius 3 is 2.59 bits per heavy atom. The molecule has 0 saturated carbocycles. The van der Waals surface area contributed by atoms with Crippen LogP contribution in [0.3, 0.4) is 0 Å². The van der Waals surface area contributed by atoms with Crippen LogP contribution >= 0.6 is 11.6 Å². The van der Waals surface area contributed by atoms with Gasteiger partial charge in [-0.25, -0.2) is 4.68 Å². The monoisotopic (exact) mass is 251 g/mol. The fraction of sp³-hybridized carbons (Fsp3) is 0.250. The summed E-state index contributed by atoms with van der Waals surface area (Å²) < 4.78 is 7.37. The van der Waals surface area contributed by atoms with Crippen molar-refractivity contribution in [3.63, 3.8) is 0 Å². The van der Waals surface area contributed by atoms with Crippen LogP contribution in [0.1, 0.15) is 11.3 Å². The Labute approximate surface area is 105 Å². The SMILES string of the molecule is Cc1cc(Oc2cc(C)c(N)cc2Cl)n(C)n1. The summed E-state index contributed by atoms with van der Waals surface area (Å²) in [6.45, 7) is 3.82. The molecule has 0 bridgehead atoms. The van der Waals surface area contributed by atoms with Crippen LogP contribution in [0, 0.1) is 13.8 Å². The van der Waals surface area contributed by atoms with Gasteiger partial charge in [-0.05, 0) is 31.5 Å². The van der Waals surface area contributed by atoms with Crippen LogP contribution in [0.2, 0.25) is 5.02 Å². The van der Waals surface area contributed by atoms with Crippen molar-refractivity contribution < 1.29 is 4.74 Å². The molecule has 0 saturated heterocycles. The van der Waals surface area contributed by atoms with Gasteiger partial charge < -0.3 is 10.5 Å². The molecule has 2 rings (SSSR count). The lowest BCUT2D eigenvalue weighted by atomic mass is 10.2. The largest absolute Gasteiger partial charge is 0.438 e.